The number of benzene rings is 1. The minimum atomic E-state index is -0.230. The summed E-state index contributed by atoms with van der Waals surface area (Å²) < 4.78 is 5.52. The monoisotopic (exact) mass is 261 g/mol. The maximum Gasteiger partial charge on any atom is 0.252 e. The van der Waals surface area contributed by atoms with Crippen LogP contribution < -0.4 is 0 Å². The maximum atomic E-state index is 12.5. The average molecular weight is 261 g/mol. The number of hydrogen-bond acceptors (Lipinski definition) is 2. The van der Waals surface area contributed by atoms with Crippen molar-refractivity contribution >= 4 is 5.91 Å². The zero-order valence-corrected chi connectivity index (χ0v) is 12.1. The van der Waals surface area contributed by atoms with Crippen molar-refractivity contribution in [2.45, 2.75) is 52.3 Å². The Morgan fingerprint density at radius 3 is 2.74 bits per heavy atom. The van der Waals surface area contributed by atoms with Crippen molar-refractivity contribution in [1.82, 2.24) is 4.90 Å². The molecule has 1 aromatic rings. The Morgan fingerprint density at radius 2 is 2.16 bits per heavy atom. The van der Waals surface area contributed by atoms with Crippen LogP contribution in [0.15, 0.2) is 24.3 Å². The second kappa shape index (κ2) is 6.20. The van der Waals surface area contributed by atoms with Crippen molar-refractivity contribution in [3.05, 3.63) is 35.4 Å². The van der Waals surface area contributed by atoms with Crippen LogP contribution in [-0.4, -0.2) is 29.6 Å². The predicted molar refractivity (Wildman–Crippen MR) is 75.8 cm³/mol. The minimum Gasteiger partial charge on any atom is -0.368 e. The van der Waals surface area contributed by atoms with Gasteiger partial charge in [0.15, 0.2) is 0 Å². The zero-order valence-electron chi connectivity index (χ0n) is 12.1. The molecular weight excluding hydrogens is 238 g/mol. The van der Waals surface area contributed by atoms with Gasteiger partial charge in [-0.3, -0.25) is 4.79 Å². The number of aryl methyl sites for hydroxylation is 1. The van der Waals surface area contributed by atoms with Gasteiger partial charge in [-0.25, -0.2) is 0 Å². The molecule has 3 nitrogen and oxygen atoms in total. The Bertz CT molecular complexity index is 436. The molecule has 0 aliphatic carbocycles. The first-order valence-corrected chi connectivity index (χ1v) is 7.06. The first-order valence-electron chi connectivity index (χ1n) is 7.06. The quantitative estimate of drug-likeness (QED) is 0.834. The van der Waals surface area contributed by atoms with Gasteiger partial charge < -0.3 is 9.64 Å². The molecule has 0 saturated carbocycles. The lowest BCUT2D eigenvalue weighted by Crippen LogP contribution is -2.42. The summed E-state index contributed by atoms with van der Waals surface area (Å²) >= 11 is 0. The van der Waals surface area contributed by atoms with Gasteiger partial charge in [0.25, 0.3) is 5.91 Å². The molecule has 0 N–H and O–H groups in total. The van der Waals surface area contributed by atoms with Crippen molar-refractivity contribution < 1.29 is 9.53 Å². The van der Waals surface area contributed by atoms with Crippen LogP contribution >= 0.6 is 0 Å². The Balaban J connectivity index is 2.12. The van der Waals surface area contributed by atoms with Gasteiger partial charge in [-0.05, 0) is 44.7 Å². The van der Waals surface area contributed by atoms with E-state index in [1.54, 1.807) is 0 Å². The number of nitrogens with zero attached hydrogens (tertiary/aromatic N) is 1. The molecule has 1 aromatic carbocycles. The van der Waals surface area contributed by atoms with Crippen molar-refractivity contribution in [3.63, 3.8) is 0 Å². The highest BCUT2D eigenvalue weighted by Crippen LogP contribution is 2.19. The molecule has 19 heavy (non-hydrogen) atoms. The third-order valence-electron chi connectivity index (χ3n) is 3.71. The molecule has 1 saturated heterocycles. The average Bonchev–Trinajstić information content (AvgIpc) is 2.90. The van der Waals surface area contributed by atoms with Crippen LogP contribution in [0.25, 0.3) is 0 Å². The molecule has 0 bridgehead atoms. The fraction of sp³-hybridized carbons (Fsp3) is 0.562. The molecule has 0 aromatic heterocycles. The van der Waals surface area contributed by atoms with E-state index in [0.29, 0.717) is 13.2 Å². The van der Waals surface area contributed by atoms with Gasteiger partial charge in [-0.1, -0.05) is 24.3 Å². The van der Waals surface area contributed by atoms with Crippen LogP contribution in [0.1, 0.15) is 37.8 Å². The molecule has 104 valence electrons. The SMILES string of the molecule is Cc1ccccc1CN(C(=O)[C@H]1CCCO1)C(C)C. The van der Waals surface area contributed by atoms with Crippen molar-refractivity contribution in [3.8, 4) is 0 Å². The summed E-state index contributed by atoms with van der Waals surface area (Å²) in [6.45, 7) is 7.59. The number of ether oxygens (including phenoxy) is 1. The second-order valence-electron chi connectivity index (χ2n) is 5.49. The smallest absolute Gasteiger partial charge is 0.252 e. The van der Waals surface area contributed by atoms with Gasteiger partial charge in [0.1, 0.15) is 6.10 Å². The molecule has 1 atom stereocenters. The number of carbonyl (C=O) groups is 1. The molecule has 2 rings (SSSR count). The zero-order chi connectivity index (χ0) is 13.8. The molecule has 1 aliphatic heterocycles. The molecule has 1 aliphatic rings. The highest BCUT2D eigenvalue weighted by molar-refractivity contribution is 5.81. The number of amides is 1. The number of hydrogen-bond donors (Lipinski definition) is 0. The predicted octanol–water partition coefficient (Wildman–Crippen LogP) is 2.91. The van der Waals surface area contributed by atoms with Gasteiger partial charge in [0.2, 0.25) is 0 Å². The van der Waals surface area contributed by atoms with E-state index in [4.69, 9.17) is 4.74 Å². The van der Waals surface area contributed by atoms with Gasteiger partial charge in [-0.15, -0.1) is 0 Å². The molecular formula is C16H23NO2. The molecule has 0 unspecified atom stereocenters. The van der Waals surface area contributed by atoms with Crippen molar-refractivity contribution in [1.29, 1.82) is 0 Å². The van der Waals surface area contributed by atoms with Gasteiger partial charge >= 0.3 is 0 Å². The third-order valence-corrected chi connectivity index (χ3v) is 3.71. The van der Waals surface area contributed by atoms with E-state index in [1.165, 1.54) is 11.1 Å². The molecule has 0 radical (unpaired) electrons. The lowest BCUT2D eigenvalue weighted by atomic mass is 10.1. The number of carbonyl (C=O) groups excluding carboxylic acids is 1. The topological polar surface area (TPSA) is 29.5 Å². The van der Waals surface area contributed by atoms with E-state index in [-0.39, 0.29) is 18.1 Å². The van der Waals surface area contributed by atoms with Crippen LogP contribution in [0.3, 0.4) is 0 Å². The third kappa shape index (κ3) is 3.35. The fourth-order valence-electron chi connectivity index (χ4n) is 2.44. The van der Waals surface area contributed by atoms with Crippen molar-refractivity contribution in [2.75, 3.05) is 6.61 Å². The van der Waals surface area contributed by atoms with E-state index >= 15 is 0 Å². The first kappa shape index (κ1) is 14.1. The summed E-state index contributed by atoms with van der Waals surface area (Å²) in [7, 11) is 0. The molecule has 0 spiro atoms. The Hall–Kier alpha value is -1.35. The van der Waals surface area contributed by atoms with E-state index in [0.717, 1.165) is 12.8 Å². The lowest BCUT2D eigenvalue weighted by Gasteiger charge is -2.29. The Kier molecular flexibility index (Phi) is 4.59. The normalized spacial score (nSPS) is 18.8. The first-order chi connectivity index (χ1) is 9.09. The summed E-state index contributed by atoms with van der Waals surface area (Å²) in [4.78, 5) is 14.4. The lowest BCUT2D eigenvalue weighted by molar-refractivity contribution is -0.143. The van der Waals surface area contributed by atoms with Gasteiger partial charge in [0.05, 0.1) is 0 Å². The summed E-state index contributed by atoms with van der Waals surface area (Å²) in [5.41, 5.74) is 2.44. The van der Waals surface area contributed by atoms with Gasteiger partial charge in [-0.2, -0.15) is 0 Å². The van der Waals surface area contributed by atoms with Crippen LogP contribution in [0, 0.1) is 6.92 Å². The largest absolute Gasteiger partial charge is 0.368 e. The highest BCUT2D eigenvalue weighted by atomic mass is 16.5. The Morgan fingerprint density at radius 1 is 1.42 bits per heavy atom. The number of rotatable bonds is 4. The van der Waals surface area contributed by atoms with Crippen LogP contribution in [-0.2, 0) is 16.1 Å². The summed E-state index contributed by atoms with van der Waals surface area (Å²) in [5, 5.41) is 0. The maximum absolute atomic E-state index is 12.5. The second-order valence-corrected chi connectivity index (χ2v) is 5.49. The van der Waals surface area contributed by atoms with Crippen LogP contribution in [0.2, 0.25) is 0 Å². The molecule has 1 heterocycles. The molecule has 3 heteroatoms. The summed E-state index contributed by atoms with van der Waals surface area (Å²) in [6.07, 6.45) is 1.62. The summed E-state index contributed by atoms with van der Waals surface area (Å²) in [5.74, 6) is 0.135. The van der Waals surface area contributed by atoms with Crippen LogP contribution in [0.5, 0.6) is 0 Å². The highest BCUT2D eigenvalue weighted by Gasteiger charge is 2.29. The fourth-order valence-corrected chi connectivity index (χ4v) is 2.44. The van der Waals surface area contributed by atoms with Crippen LogP contribution in [0.4, 0.5) is 0 Å². The van der Waals surface area contributed by atoms with Gasteiger partial charge in [0, 0.05) is 19.2 Å². The summed E-state index contributed by atoms with van der Waals surface area (Å²) in [6, 6.07) is 8.42. The standard InChI is InChI=1S/C16H23NO2/c1-12(2)17(16(18)15-9-6-10-19-15)11-14-8-5-4-7-13(14)3/h4-5,7-8,12,15H,6,9-11H2,1-3H3/t15-/m1/s1. The van der Waals surface area contributed by atoms with E-state index in [9.17, 15) is 4.79 Å². The molecule has 1 fully saturated rings. The van der Waals surface area contributed by atoms with E-state index in [2.05, 4.69) is 32.9 Å². The van der Waals surface area contributed by atoms with E-state index in [1.807, 2.05) is 17.0 Å². The minimum absolute atomic E-state index is 0.135. The van der Waals surface area contributed by atoms with E-state index < -0.39 is 0 Å². The molecule has 1 amide bonds. The Labute approximate surface area is 115 Å². The van der Waals surface area contributed by atoms with Crippen molar-refractivity contribution in [2.24, 2.45) is 0 Å².